The Labute approximate surface area is 90.7 Å². The summed E-state index contributed by atoms with van der Waals surface area (Å²) in [5.41, 5.74) is 0. The van der Waals surface area contributed by atoms with Crippen LogP contribution in [0.15, 0.2) is 0 Å². The summed E-state index contributed by atoms with van der Waals surface area (Å²) in [5.74, 6) is 0. The van der Waals surface area contributed by atoms with Gasteiger partial charge in [-0.3, -0.25) is 0 Å². The minimum absolute atomic E-state index is 0. The summed E-state index contributed by atoms with van der Waals surface area (Å²) in [6.07, 6.45) is 0. The van der Waals surface area contributed by atoms with Gasteiger partial charge < -0.3 is 21.9 Å². The molecule has 45 valence electrons. The Bertz CT molecular complexity index is 7.51. The summed E-state index contributed by atoms with van der Waals surface area (Å²) >= 11 is 0. The first-order valence-corrected chi connectivity index (χ1v) is 0. The third-order valence-electron chi connectivity index (χ3n) is 0. The summed E-state index contributed by atoms with van der Waals surface area (Å²) in [5, 5.41) is 0. The van der Waals surface area contributed by atoms with Crippen molar-refractivity contribution in [3.8, 4) is 0 Å². The fourth-order valence-electron chi connectivity index (χ4n) is 0. The third-order valence-corrected chi connectivity index (χ3v) is 0. The molecule has 0 aliphatic rings. The number of hydrogen-bond donors (Lipinski definition) is 0. The Morgan fingerprint density at radius 3 is 0.500 bits per heavy atom. The van der Waals surface area contributed by atoms with Crippen LogP contribution < -0.4 is 0 Å². The predicted molar refractivity (Wildman–Crippen MR) is 14.5 cm³/mol. The van der Waals surface area contributed by atoms with Crippen LogP contribution in [0.2, 0.25) is 0 Å². The molecular weight excluding hydrogens is 400 g/mol. The van der Waals surface area contributed by atoms with Crippen molar-refractivity contribution in [1.82, 2.24) is 0 Å². The van der Waals surface area contributed by atoms with Gasteiger partial charge in [-0.1, -0.05) is 0 Å². The van der Waals surface area contributed by atoms with Gasteiger partial charge in [0.2, 0.25) is 0 Å². The molecule has 0 fully saturated rings. The van der Waals surface area contributed by atoms with Gasteiger partial charge in [-0.05, 0) is 0 Å². The van der Waals surface area contributed by atoms with Crippen molar-refractivity contribution >= 4 is 0 Å². The van der Waals surface area contributed by atoms with E-state index in [2.05, 4.69) is 0 Å². The normalized spacial score (nSPS) is 0. The smallest absolute Gasteiger partial charge is 0 e. The molecule has 0 spiro atoms. The molecule has 8 N–H and O–H groups in total. The Balaban J connectivity index is 0. The number of hydrogen-bond acceptors (Lipinski definition) is 0. The molecule has 0 aromatic heterocycles. The summed E-state index contributed by atoms with van der Waals surface area (Å²) in [6, 6.07) is 0. The van der Waals surface area contributed by atoms with Crippen LogP contribution in [0.1, 0.15) is 0 Å². The van der Waals surface area contributed by atoms with E-state index in [0.717, 1.165) is 0 Å². The molecule has 6 heteroatoms. The van der Waals surface area contributed by atoms with Crippen LogP contribution in [-0.2, 0) is 21.1 Å². The van der Waals surface area contributed by atoms with E-state index >= 15 is 0 Å². The zero-order valence-electron chi connectivity index (χ0n) is 2.79. The topological polar surface area (TPSA) is 126 Å². The molecule has 0 atom stereocenters. The van der Waals surface area contributed by atoms with E-state index in [4.69, 9.17) is 0 Å². The second-order valence-electron chi connectivity index (χ2n) is 0. The molecule has 0 aliphatic heterocycles. The van der Waals surface area contributed by atoms with Crippen LogP contribution in [0.4, 0.5) is 0 Å². The summed E-state index contributed by atoms with van der Waals surface area (Å²) < 4.78 is 0. The van der Waals surface area contributed by atoms with Gasteiger partial charge in [0.05, 0.1) is 0 Å². The van der Waals surface area contributed by atoms with E-state index in [1.54, 1.807) is 0 Å². The SMILES string of the molecule is O.O.O.O.[Eu].[W]. The van der Waals surface area contributed by atoms with E-state index in [9.17, 15) is 0 Å². The molecule has 0 amide bonds. The Kier molecular flexibility index (Phi) is 912. The molecule has 0 unspecified atom stereocenters. The molecule has 1 radical (unpaired) electrons. The molecule has 0 aliphatic carbocycles. The molecular formula is H8EuO4W. The first-order valence-electron chi connectivity index (χ1n) is 0. The van der Waals surface area contributed by atoms with Gasteiger partial charge in [0.1, 0.15) is 0 Å². The van der Waals surface area contributed by atoms with Crippen molar-refractivity contribution in [2.45, 2.75) is 0 Å². The standard InChI is InChI=1S/Eu.4H2O.W/h;4*1H2;. The van der Waals surface area contributed by atoms with Crippen molar-refractivity contribution in [1.29, 1.82) is 0 Å². The first kappa shape index (κ1) is 92.0. The monoisotopic (exact) mass is 409 g/mol. The van der Waals surface area contributed by atoms with Gasteiger partial charge >= 0.3 is 0 Å². The van der Waals surface area contributed by atoms with Crippen molar-refractivity contribution in [2.75, 3.05) is 0 Å². The van der Waals surface area contributed by atoms with Crippen molar-refractivity contribution < 1.29 is 92.3 Å². The van der Waals surface area contributed by atoms with Crippen LogP contribution in [0, 0.1) is 49.4 Å². The van der Waals surface area contributed by atoms with Gasteiger partial charge in [-0.25, -0.2) is 0 Å². The molecule has 0 rings (SSSR count). The first-order chi connectivity index (χ1) is 0. The third kappa shape index (κ3) is 35.8. The number of rotatable bonds is 0. The zero-order chi connectivity index (χ0) is 0. The second-order valence-corrected chi connectivity index (χ2v) is 0. The Morgan fingerprint density at radius 2 is 0.500 bits per heavy atom. The maximum Gasteiger partial charge on any atom is 0 e. The molecule has 6 heavy (non-hydrogen) atoms. The second kappa shape index (κ2) is 59.5. The van der Waals surface area contributed by atoms with Crippen molar-refractivity contribution in [3.63, 3.8) is 0 Å². The van der Waals surface area contributed by atoms with Gasteiger partial charge in [-0.15, -0.1) is 0 Å². The van der Waals surface area contributed by atoms with E-state index in [0.29, 0.717) is 0 Å². The molecule has 0 bridgehead atoms. The van der Waals surface area contributed by atoms with Gasteiger partial charge in [-0.2, -0.15) is 0 Å². The van der Waals surface area contributed by atoms with E-state index in [-0.39, 0.29) is 92.3 Å². The molecule has 0 aromatic rings. The minimum atomic E-state index is 0. The predicted octanol–water partition coefficient (Wildman–Crippen LogP) is -3.30. The molecule has 0 aromatic carbocycles. The summed E-state index contributed by atoms with van der Waals surface area (Å²) in [4.78, 5) is 0. The van der Waals surface area contributed by atoms with Crippen molar-refractivity contribution in [2.24, 2.45) is 0 Å². The van der Waals surface area contributed by atoms with Crippen LogP contribution in [-0.4, -0.2) is 21.9 Å². The van der Waals surface area contributed by atoms with E-state index < -0.39 is 0 Å². The Morgan fingerprint density at radius 1 is 0.500 bits per heavy atom. The fraction of sp³-hybridized carbons (Fsp3) is 0. The van der Waals surface area contributed by atoms with E-state index in [1.807, 2.05) is 0 Å². The van der Waals surface area contributed by atoms with Crippen molar-refractivity contribution in [3.05, 3.63) is 0 Å². The van der Waals surface area contributed by atoms with Gasteiger partial charge in [0.25, 0.3) is 0 Å². The average molecular weight is 408 g/mol. The van der Waals surface area contributed by atoms with Gasteiger partial charge in [0, 0.05) is 70.4 Å². The molecule has 0 heterocycles. The molecule has 0 saturated heterocycles. The van der Waals surface area contributed by atoms with Crippen LogP contribution in [0.3, 0.4) is 0 Å². The summed E-state index contributed by atoms with van der Waals surface area (Å²) in [7, 11) is 0. The van der Waals surface area contributed by atoms with Crippen LogP contribution >= 0.6 is 0 Å². The Hall–Kier alpha value is 2.11. The maximum atomic E-state index is 0. The average Bonchev–Trinajstić information content (AvgIpc) is 0. The maximum absolute atomic E-state index is 0. The fourth-order valence-corrected chi connectivity index (χ4v) is 0. The van der Waals surface area contributed by atoms with E-state index in [1.165, 1.54) is 0 Å². The van der Waals surface area contributed by atoms with Crippen LogP contribution in [0.5, 0.6) is 0 Å². The quantitative estimate of drug-likeness (QED) is 0.399. The van der Waals surface area contributed by atoms with Gasteiger partial charge in [0.15, 0.2) is 0 Å². The molecule has 0 saturated carbocycles. The van der Waals surface area contributed by atoms with Crippen LogP contribution in [0.25, 0.3) is 0 Å². The largest absolute Gasteiger partial charge is 0.412 e. The zero-order valence-corrected chi connectivity index (χ0v) is 8.14. The summed E-state index contributed by atoms with van der Waals surface area (Å²) in [6.45, 7) is 0. The minimum Gasteiger partial charge on any atom is -0.412 e. The molecule has 4 nitrogen and oxygen atoms in total.